The van der Waals surface area contributed by atoms with Crippen LogP contribution in [0.2, 0.25) is 0 Å². The Kier molecular flexibility index (Phi) is 6.40. The van der Waals surface area contributed by atoms with Gasteiger partial charge in [-0.1, -0.05) is 84.0 Å². The predicted molar refractivity (Wildman–Crippen MR) is 102 cm³/mol. The third-order valence-corrected chi connectivity index (χ3v) is 3.70. The van der Waals surface area contributed by atoms with Crippen molar-refractivity contribution in [3.63, 3.8) is 0 Å². The Hall–Kier alpha value is -3.11. The minimum atomic E-state index is -0.772. The maximum atomic E-state index is 10.0. The summed E-state index contributed by atoms with van der Waals surface area (Å²) in [6.45, 7) is 0.196. The van der Waals surface area contributed by atoms with Crippen molar-refractivity contribution in [2.75, 3.05) is 13.2 Å². The van der Waals surface area contributed by atoms with Crippen molar-refractivity contribution < 1.29 is 14.7 Å². The van der Waals surface area contributed by atoms with E-state index in [-0.39, 0.29) is 13.2 Å². The highest BCUT2D eigenvalue weighted by molar-refractivity contribution is 6.12. The van der Waals surface area contributed by atoms with Gasteiger partial charge in [0.1, 0.15) is 30.8 Å². The molecule has 1 N–H and O–H groups in total. The van der Waals surface area contributed by atoms with Crippen molar-refractivity contribution in [1.29, 1.82) is 0 Å². The van der Waals surface area contributed by atoms with Crippen molar-refractivity contribution in [3.05, 3.63) is 102 Å². The monoisotopic (exact) mass is 347 g/mol. The highest BCUT2D eigenvalue weighted by Gasteiger charge is 2.09. The van der Waals surface area contributed by atoms with Gasteiger partial charge >= 0.3 is 0 Å². The molecule has 0 saturated carbocycles. The summed E-state index contributed by atoms with van der Waals surface area (Å²) in [6, 6.07) is 29.0. The Labute approximate surface area is 153 Å². The smallest absolute Gasteiger partial charge is 0.146 e. The fraction of sp³-hybridized carbons (Fsp3) is 0.136. The minimum absolute atomic E-state index is 0.0516. The summed E-state index contributed by atoms with van der Waals surface area (Å²) in [6.07, 6.45) is -0.772. The van der Waals surface area contributed by atoms with E-state index in [0.717, 1.165) is 16.8 Å². The molecule has 0 amide bonds. The van der Waals surface area contributed by atoms with E-state index >= 15 is 0 Å². The summed E-state index contributed by atoms with van der Waals surface area (Å²) < 4.78 is 5.52. The summed E-state index contributed by atoms with van der Waals surface area (Å²) in [5.41, 5.74) is 2.63. The topological polar surface area (TPSA) is 51.0 Å². The van der Waals surface area contributed by atoms with Crippen LogP contribution in [0.4, 0.5) is 0 Å². The molecular weight excluding hydrogens is 326 g/mol. The van der Waals surface area contributed by atoms with Crippen molar-refractivity contribution in [2.45, 2.75) is 6.10 Å². The second-order valence-corrected chi connectivity index (χ2v) is 5.75. The number of para-hydroxylation sites is 1. The second-order valence-electron chi connectivity index (χ2n) is 5.75. The van der Waals surface area contributed by atoms with E-state index in [1.165, 1.54) is 0 Å². The van der Waals surface area contributed by atoms with E-state index in [2.05, 4.69) is 5.16 Å². The fourth-order valence-electron chi connectivity index (χ4n) is 2.41. The molecule has 4 heteroatoms. The highest BCUT2D eigenvalue weighted by atomic mass is 16.6. The first-order valence-corrected chi connectivity index (χ1v) is 8.49. The lowest BCUT2D eigenvalue weighted by Crippen LogP contribution is -2.22. The molecule has 0 bridgehead atoms. The largest absolute Gasteiger partial charge is 0.491 e. The van der Waals surface area contributed by atoms with E-state index in [0.29, 0.717) is 5.75 Å². The molecule has 0 radical (unpaired) electrons. The molecule has 1 unspecified atom stereocenters. The summed E-state index contributed by atoms with van der Waals surface area (Å²) in [4.78, 5) is 5.41. The lowest BCUT2D eigenvalue weighted by molar-refractivity contribution is 0.0144. The number of hydrogen-bond donors (Lipinski definition) is 1. The third kappa shape index (κ3) is 5.19. The Morgan fingerprint density at radius 1 is 0.731 bits per heavy atom. The normalized spacial score (nSPS) is 11.4. The molecule has 26 heavy (non-hydrogen) atoms. The molecule has 3 aromatic rings. The zero-order valence-electron chi connectivity index (χ0n) is 14.4. The third-order valence-electron chi connectivity index (χ3n) is 3.70. The second kappa shape index (κ2) is 9.39. The van der Waals surface area contributed by atoms with E-state index in [9.17, 15) is 5.11 Å². The Morgan fingerprint density at radius 3 is 1.77 bits per heavy atom. The Balaban J connectivity index is 1.61. The first kappa shape index (κ1) is 17.7. The van der Waals surface area contributed by atoms with Crippen LogP contribution in [-0.4, -0.2) is 30.1 Å². The number of ether oxygens (including phenoxy) is 1. The molecule has 132 valence electrons. The van der Waals surface area contributed by atoms with Crippen molar-refractivity contribution in [3.8, 4) is 5.75 Å². The lowest BCUT2D eigenvalue weighted by Gasteiger charge is -2.12. The average molecular weight is 347 g/mol. The van der Waals surface area contributed by atoms with Crippen LogP contribution in [0.1, 0.15) is 11.1 Å². The van der Waals surface area contributed by atoms with Crippen molar-refractivity contribution >= 4 is 5.71 Å². The first-order valence-electron chi connectivity index (χ1n) is 8.49. The summed E-state index contributed by atoms with van der Waals surface area (Å²) in [5.74, 6) is 0.712. The molecule has 0 spiro atoms. The molecule has 0 fully saturated rings. The van der Waals surface area contributed by atoms with E-state index in [1.807, 2.05) is 91.0 Å². The molecule has 0 aliphatic rings. The van der Waals surface area contributed by atoms with Gasteiger partial charge in [-0.05, 0) is 12.1 Å². The molecule has 3 aromatic carbocycles. The molecule has 1 atom stereocenters. The number of aliphatic hydroxyl groups excluding tert-OH is 1. The molecule has 0 saturated heterocycles. The quantitative estimate of drug-likeness (QED) is 0.497. The zero-order chi connectivity index (χ0) is 18.0. The van der Waals surface area contributed by atoms with Crippen LogP contribution in [0.25, 0.3) is 0 Å². The molecule has 0 aliphatic heterocycles. The maximum Gasteiger partial charge on any atom is 0.146 e. The van der Waals surface area contributed by atoms with Gasteiger partial charge in [0.15, 0.2) is 0 Å². The van der Waals surface area contributed by atoms with Crippen molar-refractivity contribution in [1.82, 2.24) is 0 Å². The summed E-state index contributed by atoms with van der Waals surface area (Å²) >= 11 is 0. The first-order chi connectivity index (χ1) is 12.8. The summed E-state index contributed by atoms with van der Waals surface area (Å²) in [5, 5.41) is 14.3. The Bertz CT molecular complexity index is 763. The van der Waals surface area contributed by atoms with Crippen LogP contribution in [-0.2, 0) is 4.84 Å². The molecule has 3 rings (SSSR count). The van der Waals surface area contributed by atoms with Gasteiger partial charge in [0.2, 0.25) is 0 Å². The number of hydrogen-bond acceptors (Lipinski definition) is 4. The number of nitrogens with zero attached hydrogens (tertiary/aromatic N) is 1. The Morgan fingerprint density at radius 2 is 1.23 bits per heavy atom. The van der Waals surface area contributed by atoms with Gasteiger partial charge in [-0.25, -0.2) is 0 Å². The van der Waals surface area contributed by atoms with Crippen molar-refractivity contribution in [2.24, 2.45) is 5.16 Å². The van der Waals surface area contributed by atoms with E-state index < -0.39 is 6.10 Å². The van der Waals surface area contributed by atoms with E-state index in [1.54, 1.807) is 0 Å². The van der Waals surface area contributed by atoms with Gasteiger partial charge in [-0.2, -0.15) is 0 Å². The fourth-order valence-corrected chi connectivity index (χ4v) is 2.41. The summed E-state index contributed by atoms with van der Waals surface area (Å²) in [7, 11) is 0. The molecular formula is C22H21NO3. The van der Waals surface area contributed by atoms with Gasteiger partial charge in [-0.3, -0.25) is 0 Å². The molecule has 0 aromatic heterocycles. The van der Waals surface area contributed by atoms with Gasteiger partial charge < -0.3 is 14.7 Å². The molecule has 0 heterocycles. The van der Waals surface area contributed by atoms with Gasteiger partial charge in [0.25, 0.3) is 0 Å². The predicted octanol–water partition coefficient (Wildman–Crippen LogP) is 3.90. The van der Waals surface area contributed by atoms with Crippen LogP contribution in [0.3, 0.4) is 0 Å². The molecule has 0 aliphatic carbocycles. The average Bonchev–Trinajstić information content (AvgIpc) is 2.72. The SMILES string of the molecule is OC(CON=C(c1ccccc1)c1ccccc1)COc1ccccc1. The number of oxime groups is 1. The number of aliphatic hydroxyl groups is 1. The standard InChI is InChI=1S/C22H21NO3/c24-20(16-25-21-14-8-3-9-15-21)17-26-23-22(18-10-4-1-5-11-18)19-12-6-2-7-13-19/h1-15,20,24H,16-17H2. The van der Waals surface area contributed by atoms with Crippen LogP contribution < -0.4 is 4.74 Å². The maximum absolute atomic E-state index is 10.0. The number of rotatable bonds is 8. The zero-order valence-corrected chi connectivity index (χ0v) is 14.4. The highest BCUT2D eigenvalue weighted by Crippen LogP contribution is 2.12. The van der Waals surface area contributed by atoms with Gasteiger partial charge in [-0.15, -0.1) is 0 Å². The van der Waals surface area contributed by atoms with Crippen LogP contribution in [0.5, 0.6) is 5.75 Å². The lowest BCUT2D eigenvalue weighted by atomic mass is 10.0. The van der Waals surface area contributed by atoms with Crippen LogP contribution in [0.15, 0.2) is 96.2 Å². The van der Waals surface area contributed by atoms with Crippen LogP contribution in [0, 0.1) is 0 Å². The van der Waals surface area contributed by atoms with Gasteiger partial charge in [0, 0.05) is 11.1 Å². The van der Waals surface area contributed by atoms with Gasteiger partial charge in [0.05, 0.1) is 0 Å². The number of benzene rings is 3. The van der Waals surface area contributed by atoms with E-state index in [4.69, 9.17) is 9.57 Å². The molecule has 4 nitrogen and oxygen atoms in total. The minimum Gasteiger partial charge on any atom is -0.491 e. The van der Waals surface area contributed by atoms with Crippen LogP contribution >= 0.6 is 0 Å².